The van der Waals surface area contributed by atoms with Gasteiger partial charge in [-0.15, -0.1) is 0 Å². The van der Waals surface area contributed by atoms with Crippen LogP contribution in [0.2, 0.25) is 0 Å². The lowest BCUT2D eigenvalue weighted by Gasteiger charge is -2.07. The van der Waals surface area contributed by atoms with E-state index in [-0.39, 0.29) is 12.4 Å². The molecule has 0 aliphatic heterocycles. The number of carbonyl (C=O) groups is 1. The number of aryl methyl sites for hydroxylation is 1. The Morgan fingerprint density at radius 1 is 1.48 bits per heavy atom. The summed E-state index contributed by atoms with van der Waals surface area (Å²) in [6.45, 7) is 3.94. The van der Waals surface area contributed by atoms with Crippen LogP contribution in [-0.4, -0.2) is 33.2 Å². The number of para-hydroxylation sites is 1. The molecule has 2 aromatic rings. The van der Waals surface area contributed by atoms with Crippen LogP contribution in [0, 0.1) is 17.0 Å². The topological polar surface area (TPSA) is 112 Å². The van der Waals surface area contributed by atoms with Gasteiger partial charge in [-0.2, -0.15) is 5.10 Å². The molecule has 0 aliphatic carbocycles. The molecule has 1 N–H and O–H groups in total. The Morgan fingerprint density at radius 2 is 2.24 bits per heavy atom. The number of imidazole rings is 1. The van der Waals surface area contributed by atoms with Gasteiger partial charge in [-0.05, 0) is 23.5 Å². The number of nitrogens with zero attached hydrogens (tertiary/aromatic N) is 4. The Morgan fingerprint density at radius 3 is 2.96 bits per heavy atom. The summed E-state index contributed by atoms with van der Waals surface area (Å²) in [5.41, 5.74) is 3.07. The van der Waals surface area contributed by atoms with E-state index in [1.807, 2.05) is 31.2 Å². The van der Waals surface area contributed by atoms with E-state index in [1.54, 1.807) is 6.92 Å². The van der Waals surface area contributed by atoms with E-state index in [0.29, 0.717) is 18.2 Å². The highest BCUT2D eigenvalue weighted by atomic mass is 16.6. The first-order valence-electron chi connectivity index (χ1n) is 7.73. The van der Waals surface area contributed by atoms with Crippen LogP contribution in [0.25, 0.3) is 0 Å². The van der Waals surface area contributed by atoms with E-state index in [9.17, 15) is 14.9 Å². The number of amides is 1. The predicted octanol–water partition coefficient (Wildman–Crippen LogP) is 2.04. The second kappa shape index (κ2) is 8.57. The minimum absolute atomic E-state index is 0.241. The molecule has 9 heteroatoms. The van der Waals surface area contributed by atoms with Crippen LogP contribution in [0.5, 0.6) is 5.75 Å². The van der Waals surface area contributed by atoms with Crippen molar-refractivity contribution in [2.75, 3.05) is 6.61 Å². The predicted molar refractivity (Wildman–Crippen MR) is 91.6 cm³/mol. The van der Waals surface area contributed by atoms with Gasteiger partial charge in [0, 0.05) is 12.5 Å². The van der Waals surface area contributed by atoms with Gasteiger partial charge in [0.15, 0.2) is 12.4 Å². The number of hydrazone groups is 1. The van der Waals surface area contributed by atoms with Crippen molar-refractivity contribution in [3.05, 3.63) is 52.0 Å². The van der Waals surface area contributed by atoms with Crippen LogP contribution in [0.3, 0.4) is 0 Å². The minimum atomic E-state index is -0.585. The molecule has 132 valence electrons. The average Bonchev–Trinajstić information content (AvgIpc) is 2.95. The molecule has 1 aromatic heterocycles. The molecule has 0 radical (unpaired) electrons. The fraction of sp³-hybridized carbons (Fsp3) is 0.312. The average molecular weight is 345 g/mol. The molecule has 0 saturated heterocycles. The summed E-state index contributed by atoms with van der Waals surface area (Å²) in [6.07, 6.45) is 3.47. The maximum absolute atomic E-state index is 12.0. The molecule has 0 unspecified atom stereocenters. The van der Waals surface area contributed by atoms with Crippen LogP contribution in [0.1, 0.15) is 24.7 Å². The van der Waals surface area contributed by atoms with Gasteiger partial charge in [0.2, 0.25) is 0 Å². The van der Waals surface area contributed by atoms with E-state index in [1.165, 1.54) is 10.8 Å². The number of nitrogens with one attached hydrogen (secondary N) is 1. The Hall–Kier alpha value is -3.23. The van der Waals surface area contributed by atoms with Crippen molar-refractivity contribution < 1.29 is 14.5 Å². The molecule has 1 heterocycles. The van der Waals surface area contributed by atoms with Gasteiger partial charge in [0.1, 0.15) is 11.9 Å². The van der Waals surface area contributed by atoms with Crippen LogP contribution in [0.4, 0.5) is 5.82 Å². The smallest absolute Gasteiger partial charge is 0.343 e. The fourth-order valence-corrected chi connectivity index (χ4v) is 2.08. The standard InChI is InChI=1S/C16H19N5O4/c1-3-8-25-14-7-5-4-6-13(14)9-18-19-15(22)11-20-12(2)17-10-16(20)21(23)24/h4-7,9-10H,3,8,11H2,1-2H3,(H,19,22)/b18-9+. The number of nitro groups is 1. The molecule has 0 fully saturated rings. The lowest BCUT2D eigenvalue weighted by atomic mass is 10.2. The molecule has 0 aliphatic rings. The Balaban J connectivity index is 2.00. The van der Waals surface area contributed by atoms with Crippen molar-refractivity contribution in [1.82, 2.24) is 15.0 Å². The number of rotatable bonds is 8. The van der Waals surface area contributed by atoms with Gasteiger partial charge in [0.05, 0.1) is 12.8 Å². The van der Waals surface area contributed by atoms with Gasteiger partial charge < -0.3 is 14.9 Å². The number of aromatic nitrogens is 2. The van der Waals surface area contributed by atoms with E-state index in [0.717, 1.165) is 18.2 Å². The fourth-order valence-electron chi connectivity index (χ4n) is 2.08. The normalized spacial score (nSPS) is 10.8. The van der Waals surface area contributed by atoms with Gasteiger partial charge >= 0.3 is 5.82 Å². The number of hydrogen-bond acceptors (Lipinski definition) is 6. The summed E-state index contributed by atoms with van der Waals surface area (Å²) in [6, 6.07) is 7.31. The molecular formula is C16H19N5O4. The zero-order valence-corrected chi connectivity index (χ0v) is 14.0. The lowest BCUT2D eigenvalue weighted by Crippen LogP contribution is -2.24. The molecule has 2 rings (SSSR count). The van der Waals surface area contributed by atoms with Gasteiger partial charge in [-0.1, -0.05) is 19.1 Å². The first-order valence-corrected chi connectivity index (χ1v) is 7.73. The monoisotopic (exact) mass is 345 g/mol. The molecule has 0 saturated carbocycles. The maximum Gasteiger partial charge on any atom is 0.343 e. The van der Waals surface area contributed by atoms with Crippen molar-refractivity contribution in [1.29, 1.82) is 0 Å². The highest BCUT2D eigenvalue weighted by molar-refractivity contribution is 5.85. The van der Waals surface area contributed by atoms with Crippen molar-refractivity contribution in [3.8, 4) is 5.75 Å². The third-order valence-electron chi connectivity index (χ3n) is 3.30. The Labute approximate surface area is 144 Å². The number of benzene rings is 1. The Kier molecular flexibility index (Phi) is 6.21. The highest BCUT2D eigenvalue weighted by Crippen LogP contribution is 2.16. The summed E-state index contributed by atoms with van der Waals surface area (Å²) in [5.74, 6) is 0.315. The third kappa shape index (κ3) is 4.87. The molecule has 1 aromatic carbocycles. The molecule has 25 heavy (non-hydrogen) atoms. The summed E-state index contributed by atoms with van der Waals surface area (Å²) < 4.78 is 6.81. The van der Waals surface area contributed by atoms with Crippen LogP contribution in [-0.2, 0) is 11.3 Å². The van der Waals surface area contributed by atoms with E-state index < -0.39 is 10.8 Å². The molecule has 1 amide bonds. The zero-order chi connectivity index (χ0) is 18.2. The first-order chi connectivity index (χ1) is 12.0. The van der Waals surface area contributed by atoms with Gasteiger partial charge in [0.25, 0.3) is 5.91 Å². The molecule has 0 atom stereocenters. The third-order valence-corrected chi connectivity index (χ3v) is 3.30. The maximum atomic E-state index is 12.0. The van der Waals surface area contributed by atoms with Crippen LogP contribution >= 0.6 is 0 Å². The van der Waals surface area contributed by atoms with E-state index in [2.05, 4.69) is 15.5 Å². The van der Waals surface area contributed by atoms with Crippen molar-refractivity contribution in [2.45, 2.75) is 26.8 Å². The van der Waals surface area contributed by atoms with Crippen LogP contribution in [0.15, 0.2) is 35.6 Å². The largest absolute Gasteiger partial charge is 0.493 e. The summed E-state index contributed by atoms with van der Waals surface area (Å²) >= 11 is 0. The number of carbonyl (C=O) groups excluding carboxylic acids is 1. The highest BCUT2D eigenvalue weighted by Gasteiger charge is 2.19. The Bertz CT molecular complexity index is 785. The van der Waals surface area contributed by atoms with Crippen molar-refractivity contribution in [3.63, 3.8) is 0 Å². The second-order valence-electron chi connectivity index (χ2n) is 5.19. The lowest BCUT2D eigenvalue weighted by molar-refractivity contribution is -0.392. The molecule has 0 bridgehead atoms. The van der Waals surface area contributed by atoms with Crippen LogP contribution < -0.4 is 10.2 Å². The molecule has 9 nitrogen and oxygen atoms in total. The summed E-state index contributed by atoms with van der Waals surface area (Å²) in [5, 5.41) is 14.8. The summed E-state index contributed by atoms with van der Waals surface area (Å²) in [4.78, 5) is 26.1. The molecular weight excluding hydrogens is 326 g/mol. The van der Waals surface area contributed by atoms with Gasteiger partial charge in [-0.3, -0.25) is 4.79 Å². The summed E-state index contributed by atoms with van der Waals surface area (Å²) in [7, 11) is 0. The molecule has 0 spiro atoms. The first kappa shape index (κ1) is 18.1. The minimum Gasteiger partial charge on any atom is -0.493 e. The SMILES string of the molecule is CCCOc1ccccc1/C=N/NC(=O)Cn1c([N+](=O)[O-])cnc1C. The zero-order valence-electron chi connectivity index (χ0n) is 14.0. The van der Waals surface area contributed by atoms with E-state index in [4.69, 9.17) is 4.74 Å². The number of ether oxygens (including phenoxy) is 1. The quantitative estimate of drug-likeness (QED) is 0.447. The van der Waals surface area contributed by atoms with Crippen molar-refractivity contribution in [2.24, 2.45) is 5.10 Å². The van der Waals surface area contributed by atoms with Crippen molar-refractivity contribution >= 4 is 17.9 Å². The van der Waals surface area contributed by atoms with E-state index >= 15 is 0 Å². The number of hydrogen-bond donors (Lipinski definition) is 1. The van der Waals surface area contributed by atoms with Gasteiger partial charge in [-0.25, -0.2) is 15.0 Å². The second-order valence-corrected chi connectivity index (χ2v) is 5.19.